The second-order valence-corrected chi connectivity index (χ2v) is 1.97. The van der Waals surface area contributed by atoms with E-state index in [1.165, 1.54) is 0 Å². The zero-order chi connectivity index (χ0) is 5.98. The summed E-state index contributed by atoms with van der Waals surface area (Å²) < 4.78 is 0. The van der Waals surface area contributed by atoms with Crippen LogP contribution in [0.4, 0.5) is 0 Å². The summed E-state index contributed by atoms with van der Waals surface area (Å²) >= 11 is 5.60. The first kappa shape index (κ1) is 5.64. The number of pyridine rings is 1. The molecule has 0 saturated heterocycles. The number of nitrogens with zero attached hydrogens (tertiary/aromatic N) is 1. The van der Waals surface area contributed by atoms with E-state index in [1.54, 1.807) is 6.20 Å². The topological polar surface area (TPSA) is 12.9 Å². The van der Waals surface area contributed by atoms with Gasteiger partial charge in [-0.1, -0.05) is 23.1 Å². The molecule has 0 atom stereocenters. The molecular formula is C5H5BClN. The van der Waals surface area contributed by atoms with E-state index >= 15 is 0 Å². The predicted molar refractivity (Wildman–Crippen MR) is 37.4 cm³/mol. The summed E-state index contributed by atoms with van der Waals surface area (Å²) in [4.78, 5) is 3.84. The maximum absolute atomic E-state index is 5.60. The van der Waals surface area contributed by atoms with Gasteiger partial charge >= 0.3 is 0 Å². The van der Waals surface area contributed by atoms with Gasteiger partial charge < -0.3 is 0 Å². The van der Waals surface area contributed by atoms with Gasteiger partial charge in [-0.05, 0) is 6.07 Å². The number of hydrogen-bond acceptors (Lipinski definition) is 1. The highest BCUT2D eigenvalue weighted by Gasteiger charge is 1.88. The number of hydrogen-bond donors (Lipinski definition) is 0. The van der Waals surface area contributed by atoms with Crippen molar-refractivity contribution in [3.8, 4) is 0 Å². The summed E-state index contributed by atoms with van der Waals surface area (Å²) in [6.45, 7) is 0. The molecule has 0 saturated carbocycles. The maximum atomic E-state index is 5.60. The first-order chi connectivity index (χ1) is 3.80. The SMILES string of the molecule is Bc1cccnc1Cl. The quantitative estimate of drug-likeness (QED) is 0.351. The Hall–Kier alpha value is -0.495. The average Bonchev–Trinajstić information content (AvgIpc) is 1.77. The van der Waals surface area contributed by atoms with E-state index in [1.807, 2.05) is 20.0 Å². The molecule has 8 heavy (non-hydrogen) atoms. The molecule has 1 nitrogen and oxygen atoms in total. The first-order valence-electron chi connectivity index (χ1n) is 2.38. The van der Waals surface area contributed by atoms with Crippen molar-refractivity contribution >= 4 is 24.9 Å². The van der Waals surface area contributed by atoms with Crippen molar-refractivity contribution < 1.29 is 0 Å². The molecule has 3 heteroatoms. The molecule has 0 spiro atoms. The lowest BCUT2D eigenvalue weighted by Gasteiger charge is -1.90. The van der Waals surface area contributed by atoms with E-state index < -0.39 is 0 Å². The van der Waals surface area contributed by atoms with Gasteiger partial charge in [0.1, 0.15) is 13.0 Å². The van der Waals surface area contributed by atoms with Crippen LogP contribution in [0.5, 0.6) is 0 Å². The van der Waals surface area contributed by atoms with Gasteiger partial charge in [0.25, 0.3) is 0 Å². The fraction of sp³-hybridized carbons (Fsp3) is 0. The Morgan fingerprint density at radius 3 is 2.75 bits per heavy atom. The van der Waals surface area contributed by atoms with Crippen LogP contribution >= 0.6 is 11.6 Å². The van der Waals surface area contributed by atoms with Crippen LogP contribution in [-0.4, -0.2) is 12.8 Å². The molecule has 0 radical (unpaired) electrons. The zero-order valence-corrected chi connectivity index (χ0v) is 5.31. The molecule has 0 aliphatic rings. The Morgan fingerprint density at radius 1 is 1.62 bits per heavy atom. The molecule has 0 fully saturated rings. The molecule has 0 bridgehead atoms. The molecule has 1 rings (SSSR count). The van der Waals surface area contributed by atoms with Crippen LogP contribution in [-0.2, 0) is 0 Å². The largest absolute Gasteiger partial charge is 0.245 e. The second kappa shape index (κ2) is 2.18. The predicted octanol–water partition coefficient (Wildman–Crippen LogP) is -0.00660. The number of halogens is 1. The highest BCUT2D eigenvalue weighted by atomic mass is 35.5. The van der Waals surface area contributed by atoms with Gasteiger partial charge in [-0.25, -0.2) is 4.98 Å². The molecular weight excluding hydrogens is 120 g/mol. The smallest absolute Gasteiger partial charge is 0.143 e. The zero-order valence-electron chi connectivity index (χ0n) is 4.56. The molecule has 0 aromatic carbocycles. The summed E-state index contributed by atoms with van der Waals surface area (Å²) in [6.07, 6.45) is 1.68. The second-order valence-electron chi connectivity index (χ2n) is 1.61. The van der Waals surface area contributed by atoms with Crippen molar-refractivity contribution in [2.75, 3.05) is 0 Å². The van der Waals surface area contributed by atoms with Crippen LogP contribution in [0.25, 0.3) is 0 Å². The molecule has 0 aliphatic heterocycles. The Balaban J connectivity index is 3.13. The maximum Gasteiger partial charge on any atom is 0.143 e. The van der Waals surface area contributed by atoms with E-state index in [2.05, 4.69) is 4.98 Å². The lowest BCUT2D eigenvalue weighted by Crippen LogP contribution is -2.03. The fourth-order valence-corrected chi connectivity index (χ4v) is 0.586. The molecule has 0 unspecified atom stereocenters. The van der Waals surface area contributed by atoms with Crippen molar-refractivity contribution in [1.82, 2.24) is 4.98 Å². The Bertz CT molecular complexity index is 169. The van der Waals surface area contributed by atoms with Crippen molar-refractivity contribution in [2.24, 2.45) is 0 Å². The minimum atomic E-state index is 0.590. The fourth-order valence-electron chi connectivity index (χ4n) is 0.466. The average molecular weight is 125 g/mol. The van der Waals surface area contributed by atoms with E-state index in [4.69, 9.17) is 11.6 Å². The lowest BCUT2D eigenvalue weighted by atomic mass is 9.99. The van der Waals surface area contributed by atoms with Crippen molar-refractivity contribution in [1.29, 1.82) is 0 Å². The van der Waals surface area contributed by atoms with E-state index in [9.17, 15) is 0 Å². The first-order valence-corrected chi connectivity index (χ1v) is 2.75. The molecule has 1 aromatic heterocycles. The van der Waals surface area contributed by atoms with Crippen LogP contribution in [0.2, 0.25) is 5.15 Å². The summed E-state index contributed by atoms with van der Waals surface area (Å²) in [5, 5.41) is 0.590. The van der Waals surface area contributed by atoms with Crippen LogP contribution < -0.4 is 5.46 Å². The lowest BCUT2D eigenvalue weighted by molar-refractivity contribution is 1.35. The molecule has 1 heterocycles. The third-order valence-corrected chi connectivity index (χ3v) is 1.34. The summed E-state index contributed by atoms with van der Waals surface area (Å²) in [5.74, 6) is 0. The highest BCUT2D eigenvalue weighted by molar-refractivity contribution is 6.44. The summed E-state index contributed by atoms with van der Waals surface area (Å²) in [7, 11) is 1.93. The van der Waals surface area contributed by atoms with Crippen LogP contribution in [0.1, 0.15) is 0 Å². The highest BCUT2D eigenvalue weighted by Crippen LogP contribution is 1.94. The van der Waals surface area contributed by atoms with Gasteiger partial charge in [-0.3, -0.25) is 0 Å². The van der Waals surface area contributed by atoms with Crippen molar-refractivity contribution in [3.63, 3.8) is 0 Å². The summed E-state index contributed by atoms with van der Waals surface area (Å²) in [6, 6.07) is 3.79. The van der Waals surface area contributed by atoms with Gasteiger partial charge in [0, 0.05) is 6.20 Å². The third kappa shape index (κ3) is 1.01. The molecule has 1 aromatic rings. The van der Waals surface area contributed by atoms with E-state index in [0.717, 1.165) is 5.46 Å². The van der Waals surface area contributed by atoms with Crippen molar-refractivity contribution in [2.45, 2.75) is 0 Å². The van der Waals surface area contributed by atoms with Crippen LogP contribution in [0.3, 0.4) is 0 Å². The number of rotatable bonds is 0. The van der Waals surface area contributed by atoms with Crippen LogP contribution in [0, 0.1) is 0 Å². The monoisotopic (exact) mass is 125 g/mol. The molecule has 0 aliphatic carbocycles. The van der Waals surface area contributed by atoms with Crippen LogP contribution in [0.15, 0.2) is 18.3 Å². The van der Waals surface area contributed by atoms with Gasteiger partial charge in [0.05, 0.1) is 0 Å². The van der Waals surface area contributed by atoms with Gasteiger partial charge in [0.15, 0.2) is 0 Å². The molecule has 0 N–H and O–H groups in total. The third-order valence-electron chi connectivity index (χ3n) is 0.946. The van der Waals surface area contributed by atoms with Gasteiger partial charge in [-0.15, -0.1) is 0 Å². The van der Waals surface area contributed by atoms with E-state index in [0.29, 0.717) is 5.15 Å². The number of aromatic nitrogens is 1. The normalized spacial score (nSPS) is 9.12. The Morgan fingerprint density at radius 2 is 2.38 bits per heavy atom. The Labute approximate surface area is 54.1 Å². The summed E-state index contributed by atoms with van der Waals surface area (Å²) in [5.41, 5.74) is 1.02. The standard InChI is InChI=1S/C5H5BClN/c6-4-2-1-3-8-5(4)7/h1-3H,6H2. The molecule has 40 valence electrons. The van der Waals surface area contributed by atoms with Crippen molar-refractivity contribution in [3.05, 3.63) is 23.5 Å². The minimum Gasteiger partial charge on any atom is -0.245 e. The van der Waals surface area contributed by atoms with Gasteiger partial charge in [0.2, 0.25) is 0 Å². The minimum absolute atomic E-state index is 0.590. The Kier molecular flexibility index (Phi) is 1.54. The molecule has 0 amide bonds. The van der Waals surface area contributed by atoms with E-state index in [-0.39, 0.29) is 0 Å². The van der Waals surface area contributed by atoms with Gasteiger partial charge in [-0.2, -0.15) is 0 Å².